The van der Waals surface area contributed by atoms with Gasteiger partial charge in [0.15, 0.2) is 5.16 Å². The van der Waals surface area contributed by atoms with Gasteiger partial charge in [0, 0.05) is 18.4 Å². The highest BCUT2D eigenvalue weighted by atomic mass is 32.2. The highest BCUT2D eigenvalue weighted by molar-refractivity contribution is 7.99. The molecule has 1 aromatic heterocycles. The lowest BCUT2D eigenvalue weighted by Crippen LogP contribution is -2.17. The standard InChI is InChI=1S/C21H23N5O2S/c1-14-7-9-16(10-8-14)22-19(27)12-18-24-25-21(26(18)3)29-13-20(28)23-17-6-4-5-15(2)11-17/h4-11H,12-13H2,1-3H3,(H,22,27)(H,23,28). The van der Waals surface area contributed by atoms with Crippen LogP contribution in [0.1, 0.15) is 17.0 Å². The van der Waals surface area contributed by atoms with Crippen LogP contribution in [0.2, 0.25) is 0 Å². The molecule has 0 saturated heterocycles. The van der Waals surface area contributed by atoms with Crippen LogP contribution in [0.4, 0.5) is 11.4 Å². The zero-order chi connectivity index (χ0) is 20.8. The quantitative estimate of drug-likeness (QED) is 0.584. The van der Waals surface area contributed by atoms with Crippen molar-refractivity contribution in [3.8, 4) is 0 Å². The maximum atomic E-state index is 12.3. The Labute approximate surface area is 173 Å². The summed E-state index contributed by atoms with van der Waals surface area (Å²) in [6.07, 6.45) is 0.105. The first-order chi connectivity index (χ1) is 13.9. The van der Waals surface area contributed by atoms with E-state index >= 15 is 0 Å². The Morgan fingerprint density at radius 3 is 2.38 bits per heavy atom. The molecule has 0 saturated carbocycles. The van der Waals surface area contributed by atoms with Gasteiger partial charge in [0.05, 0.1) is 12.2 Å². The number of benzene rings is 2. The van der Waals surface area contributed by atoms with Crippen molar-refractivity contribution in [1.82, 2.24) is 14.8 Å². The number of carbonyl (C=O) groups excluding carboxylic acids is 2. The van der Waals surface area contributed by atoms with Gasteiger partial charge in [-0.2, -0.15) is 0 Å². The SMILES string of the molecule is Cc1ccc(NC(=O)Cc2nnc(SCC(=O)Nc3cccc(C)c3)n2C)cc1. The Bertz CT molecular complexity index is 1010. The second kappa shape index (κ2) is 9.38. The molecule has 2 aromatic carbocycles. The van der Waals surface area contributed by atoms with Crippen LogP contribution < -0.4 is 10.6 Å². The van der Waals surface area contributed by atoms with Gasteiger partial charge < -0.3 is 15.2 Å². The molecule has 1 heterocycles. The molecule has 0 fully saturated rings. The molecule has 0 atom stereocenters. The van der Waals surface area contributed by atoms with Gasteiger partial charge in [-0.3, -0.25) is 9.59 Å². The van der Waals surface area contributed by atoms with Crippen molar-refractivity contribution in [2.24, 2.45) is 7.05 Å². The third kappa shape index (κ3) is 5.92. The van der Waals surface area contributed by atoms with Gasteiger partial charge in [-0.05, 0) is 43.7 Å². The number of aromatic nitrogens is 3. The first-order valence-corrected chi connectivity index (χ1v) is 10.1. The van der Waals surface area contributed by atoms with Crippen molar-refractivity contribution in [3.05, 3.63) is 65.5 Å². The second-order valence-corrected chi connectivity index (χ2v) is 7.70. The van der Waals surface area contributed by atoms with Gasteiger partial charge in [0.25, 0.3) is 0 Å². The van der Waals surface area contributed by atoms with E-state index in [1.807, 2.05) is 62.4 Å². The van der Waals surface area contributed by atoms with Crippen molar-refractivity contribution in [1.29, 1.82) is 0 Å². The van der Waals surface area contributed by atoms with Crippen LogP contribution in [-0.4, -0.2) is 32.3 Å². The lowest BCUT2D eigenvalue weighted by molar-refractivity contribution is -0.116. The summed E-state index contributed by atoms with van der Waals surface area (Å²) in [4.78, 5) is 24.4. The molecule has 0 unspecified atom stereocenters. The summed E-state index contributed by atoms with van der Waals surface area (Å²) in [5.74, 6) is 0.451. The van der Waals surface area contributed by atoms with Crippen molar-refractivity contribution in [2.75, 3.05) is 16.4 Å². The molecule has 3 rings (SSSR count). The summed E-state index contributed by atoms with van der Waals surface area (Å²) in [5.41, 5.74) is 3.72. The average molecular weight is 410 g/mol. The van der Waals surface area contributed by atoms with Gasteiger partial charge in [-0.1, -0.05) is 41.6 Å². The largest absolute Gasteiger partial charge is 0.326 e. The predicted molar refractivity (Wildman–Crippen MR) is 115 cm³/mol. The van der Waals surface area contributed by atoms with E-state index in [1.165, 1.54) is 11.8 Å². The minimum absolute atomic E-state index is 0.105. The van der Waals surface area contributed by atoms with Crippen molar-refractivity contribution < 1.29 is 9.59 Å². The first-order valence-electron chi connectivity index (χ1n) is 9.15. The third-order valence-corrected chi connectivity index (χ3v) is 5.23. The number of carbonyl (C=O) groups is 2. The van der Waals surface area contributed by atoms with E-state index in [0.29, 0.717) is 11.0 Å². The fraction of sp³-hybridized carbons (Fsp3) is 0.238. The normalized spacial score (nSPS) is 10.6. The molecule has 3 aromatic rings. The van der Waals surface area contributed by atoms with E-state index in [9.17, 15) is 9.59 Å². The monoisotopic (exact) mass is 409 g/mol. The van der Waals surface area contributed by atoms with Crippen molar-refractivity contribution in [3.63, 3.8) is 0 Å². The van der Waals surface area contributed by atoms with Crippen LogP contribution in [0.5, 0.6) is 0 Å². The van der Waals surface area contributed by atoms with Crippen molar-refractivity contribution in [2.45, 2.75) is 25.4 Å². The molecule has 150 valence electrons. The summed E-state index contributed by atoms with van der Waals surface area (Å²) < 4.78 is 1.74. The predicted octanol–water partition coefficient (Wildman–Crippen LogP) is 3.34. The Kier molecular flexibility index (Phi) is 6.66. The number of nitrogens with one attached hydrogen (secondary N) is 2. The number of hydrogen-bond acceptors (Lipinski definition) is 5. The highest BCUT2D eigenvalue weighted by Crippen LogP contribution is 2.17. The molecule has 2 N–H and O–H groups in total. The minimum atomic E-state index is -0.168. The number of nitrogens with zero attached hydrogens (tertiary/aromatic N) is 3. The summed E-state index contributed by atoms with van der Waals surface area (Å²) in [7, 11) is 1.79. The van der Waals surface area contributed by atoms with Gasteiger partial charge in [-0.15, -0.1) is 10.2 Å². The molecule has 0 radical (unpaired) electrons. The maximum absolute atomic E-state index is 12.3. The Hall–Kier alpha value is -3.13. The average Bonchev–Trinajstić information content (AvgIpc) is 3.01. The topological polar surface area (TPSA) is 88.9 Å². The summed E-state index contributed by atoms with van der Waals surface area (Å²) in [5, 5.41) is 14.5. The molecule has 29 heavy (non-hydrogen) atoms. The third-order valence-electron chi connectivity index (χ3n) is 4.21. The maximum Gasteiger partial charge on any atom is 0.234 e. The zero-order valence-corrected chi connectivity index (χ0v) is 17.4. The fourth-order valence-electron chi connectivity index (χ4n) is 2.66. The van der Waals surface area contributed by atoms with Crippen molar-refractivity contribution >= 4 is 35.0 Å². The van der Waals surface area contributed by atoms with Crippen LogP contribution in [-0.2, 0) is 23.1 Å². The fourth-order valence-corrected chi connectivity index (χ4v) is 3.39. The highest BCUT2D eigenvalue weighted by Gasteiger charge is 2.14. The molecule has 7 nitrogen and oxygen atoms in total. The minimum Gasteiger partial charge on any atom is -0.326 e. The van der Waals surface area contributed by atoms with E-state index in [4.69, 9.17) is 0 Å². The number of anilines is 2. The van der Waals surface area contributed by atoms with E-state index in [-0.39, 0.29) is 24.0 Å². The van der Waals surface area contributed by atoms with Gasteiger partial charge in [-0.25, -0.2) is 0 Å². The smallest absolute Gasteiger partial charge is 0.234 e. The molecule has 0 aliphatic heterocycles. The lowest BCUT2D eigenvalue weighted by atomic mass is 10.2. The molecular weight excluding hydrogens is 386 g/mol. The zero-order valence-electron chi connectivity index (χ0n) is 16.6. The van der Waals surface area contributed by atoms with E-state index in [1.54, 1.807) is 11.6 Å². The molecule has 0 bridgehead atoms. The summed E-state index contributed by atoms with van der Waals surface area (Å²) in [6.45, 7) is 3.96. The Morgan fingerprint density at radius 1 is 0.931 bits per heavy atom. The first kappa shape index (κ1) is 20.6. The van der Waals surface area contributed by atoms with Crippen LogP contribution >= 0.6 is 11.8 Å². The lowest BCUT2D eigenvalue weighted by Gasteiger charge is -2.07. The summed E-state index contributed by atoms with van der Waals surface area (Å²) >= 11 is 1.28. The van der Waals surface area contributed by atoms with E-state index in [2.05, 4.69) is 20.8 Å². The number of amides is 2. The van der Waals surface area contributed by atoms with Gasteiger partial charge in [0.1, 0.15) is 5.82 Å². The number of aryl methyl sites for hydroxylation is 2. The van der Waals surface area contributed by atoms with Crippen LogP contribution in [0, 0.1) is 13.8 Å². The molecular formula is C21H23N5O2S. The van der Waals surface area contributed by atoms with E-state index in [0.717, 1.165) is 22.5 Å². The van der Waals surface area contributed by atoms with Crippen LogP contribution in [0.15, 0.2) is 53.7 Å². The molecule has 0 aliphatic carbocycles. The summed E-state index contributed by atoms with van der Waals surface area (Å²) in [6, 6.07) is 15.2. The van der Waals surface area contributed by atoms with Gasteiger partial charge in [0.2, 0.25) is 11.8 Å². The Morgan fingerprint density at radius 2 is 1.66 bits per heavy atom. The van der Waals surface area contributed by atoms with Crippen LogP contribution in [0.3, 0.4) is 0 Å². The molecule has 0 spiro atoms. The van der Waals surface area contributed by atoms with Crippen LogP contribution in [0.25, 0.3) is 0 Å². The Balaban J connectivity index is 1.52. The number of hydrogen-bond donors (Lipinski definition) is 2. The second-order valence-electron chi connectivity index (χ2n) is 6.76. The molecule has 8 heteroatoms. The molecule has 2 amide bonds. The van der Waals surface area contributed by atoms with Gasteiger partial charge >= 0.3 is 0 Å². The number of rotatable bonds is 7. The molecule has 0 aliphatic rings. The van der Waals surface area contributed by atoms with E-state index < -0.39 is 0 Å². The number of thioether (sulfide) groups is 1.